The summed E-state index contributed by atoms with van der Waals surface area (Å²) < 4.78 is 4.97. The summed E-state index contributed by atoms with van der Waals surface area (Å²) in [6.45, 7) is 7.79. The molecule has 0 spiro atoms. The van der Waals surface area contributed by atoms with E-state index in [1.807, 2.05) is 32.0 Å². The number of esters is 1. The highest BCUT2D eigenvalue weighted by Gasteiger charge is 2.26. The first-order valence-electron chi connectivity index (χ1n) is 8.72. The van der Waals surface area contributed by atoms with Gasteiger partial charge in [0.05, 0.1) is 12.7 Å². The Kier molecular flexibility index (Phi) is 7.69. The summed E-state index contributed by atoms with van der Waals surface area (Å²) in [6, 6.07) is 6.01. The van der Waals surface area contributed by atoms with Crippen LogP contribution in [0, 0.1) is 0 Å². The number of hydrogen-bond acceptors (Lipinski definition) is 4. The van der Waals surface area contributed by atoms with Gasteiger partial charge in [-0.2, -0.15) is 0 Å². The standard InChI is InChI=1S/C20H27ClN2O2/c1-4-6-7-19(23-12-10-22-11-13-23)17-9-8-15(21)14-18(17)16(5-2)20(24)25-3/h4-6,8-9,14,19,22H,7,10-13H2,1-3H3/b6-4-,16-5+. The van der Waals surface area contributed by atoms with Crippen molar-refractivity contribution in [2.75, 3.05) is 33.3 Å². The van der Waals surface area contributed by atoms with Crippen LogP contribution in [0.15, 0.2) is 36.4 Å². The van der Waals surface area contributed by atoms with Crippen molar-refractivity contribution in [3.63, 3.8) is 0 Å². The zero-order chi connectivity index (χ0) is 18.2. The molecule has 2 rings (SSSR count). The number of methoxy groups -OCH3 is 1. The van der Waals surface area contributed by atoms with Gasteiger partial charge < -0.3 is 10.1 Å². The molecule has 0 saturated carbocycles. The van der Waals surface area contributed by atoms with Crippen molar-refractivity contribution in [2.45, 2.75) is 26.3 Å². The van der Waals surface area contributed by atoms with Crippen LogP contribution in [-0.2, 0) is 9.53 Å². The van der Waals surface area contributed by atoms with Gasteiger partial charge in [-0.3, -0.25) is 4.90 Å². The number of allylic oxidation sites excluding steroid dienone is 2. The molecule has 1 heterocycles. The Labute approximate surface area is 155 Å². The van der Waals surface area contributed by atoms with Gasteiger partial charge in [0.1, 0.15) is 0 Å². The van der Waals surface area contributed by atoms with E-state index in [2.05, 4.69) is 22.4 Å². The molecule has 1 aromatic rings. The molecule has 0 bridgehead atoms. The van der Waals surface area contributed by atoms with Gasteiger partial charge in [-0.15, -0.1) is 0 Å². The van der Waals surface area contributed by atoms with Crippen molar-refractivity contribution in [1.29, 1.82) is 0 Å². The van der Waals surface area contributed by atoms with Gasteiger partial charge in [-0.25, -0.2) is 4.79 Å². The zero-order valence-corrected chi connectivity index (χ0v) is 16.0. The minimum Gasteiger partial charge on any atom is -0.465 e. The van der Waals surface area contributed by atoms with Gasteiger partial charge in [-0.05, 0) is 43.5 Å². The maximum atomic E-state index is 12.2. The summed E-state index contributed by atoms with van der Waals surface area (Å²) in [5.41, 5.74) is 2.53. The van der Waals surface area contributed by atoms with Crippen molar-refractivity contribution in [2.24, 2.45) is 0 Å². The Morgan fingerprint density at radius 1 is 1.36 bits per heavy atom. The van der Waals surface area contributed by atoms with E-state index < -0.39 is 0 Å². The molecule has 1 saturated heterocycles. The number of rotatable bonds is 6. The molecular weight excluding hydrogens is 336 g/mol. The molecule has 0 radical (unpaired) electrons. The summed E-state index contributed by atoms with van der Waals surface area (Å²) in [6.07, 6.45) is 6.94. The maximum absolute atomic E-state index is 12.2. The third kappa shape index (κ3) is 4.94. The van der Waals surface area contributed by atoms with Crippen LogP contribution in [0.4, 0.5) is 0 Å². The molecule has 1 unspecified atom stereocenters. The van der Waals surface area contributed by atoms with E-state index >= 15 is 0 Å². The number of hydrogen-bond donors (Lipinski definition) is 1. The van der Waals surface area contributed by atoms with Crippen molar-refractivity contribution in [3.8, 4) is 0 Å². The third-order valence-corrected chi connectivity index (χ3v) is 4.78. The molecule has 4 nitrogen and oxygen atoms in total. The zero-order valence-electron chi connectivity index (χ0n) is 15.2. The van der Waals surface area contributed by atoms with Gasteiger partial charge in [-0.1, -0.05) is 35.9 Å². The van der Waals surface area contributed by atoms with E-state index in [0.29, 0.717) is 10.6 Å². The lowest BCUT2D eigenvalue weighted by atomic mass is 9.91. The lowest BCUT2D eigenvalue weighted by Crippen LogP contribution is -2.45. The van der Waals surface area contributed by atoms with Crippen LogP contribution < -0.4 is 5.32 Å². The maximum Gasteiger partial charge on any atom is 0.338 e. The van der Waals surface area contributed by atoms with Gasteiger partial charge in [0.2, 0.25) is 0 Å². The van der Waals surface area contributed by atoms with E-state index in [1.54, 1.807) is 6.08 Å². The van der Waals surface area contributed by atoms with E-state index in [1.165, 1.54) is 7.11 Å². The van der Waals surface area contributed by atoms with Crippen molar-refractivity contribution in [3.05, 3.63) is 52.6 Å². The highest BCUT2D eigenvalue weighted by molar-refractivity contribution is 6.31. The van der Waals surface area contributed by atoms with E-state index in [4.69, 9.17) is 16.3 Å². The molecule has 1 fully saturated rings. The second kappa shape index (κ2) is 9.76. The number of carbonyl (C=O) groups excluding carboxylic acids is 1. The van der Waals surface area contributed by atoms with Gasteiger partial charge in [0.25, 0.3) is 0 Å². The molecule has 0 aromatic heterocycles. The molecule has 5 heteroatoms. The number of halogens is 1. The Balaban J connectivity index is 2.50. The molecule has 1 aromatic carbocycles. The number of carbonyl (C=O) groups is 1. The van der Waals surface area contributed by atoms with Gasteiger partial charge in [0.15, 0.2) is 0 Å². The van der Waals surface area contributed by atoms with Gasteiger partial charge in [0, 0.05) is 37.2 Å². The fourth-order valence-electron chi connectivity index (χ4n) is 3.28. The van der Waals surface area contributed by atoms with Crippen LogP contribution in [0.5, 0.6) is 0 Å². The predicted octanol–water partition coefficient (Wildman–Crippen LogP) is 3.83. The Morgan fingerprint density at radius 2 is 2.08 bits per heavy atom. The SMILES string of the molecule is C/C=C\CC(c1ccc(Cl)cc1/C(=C\C)C(=O)OC)N1CCNCC1. The van der Waals surface area contributed by atoms with Crippen LogP contribution in [-0.4, -0.2) is 44.2 Å². The number of benzene rings is 1. The molecule has 1 aliphatic rings. The van der Waals surface area contributed by atoms with E-state index in [-0.39, 0.29) is 12.0 Å². The second-order valence-corrected chi connectivity index (χ2v) is 6.47. The number of nitrogens with zero attached hydrogens (tertiary/aromatic N) is 1. The fraction of sp³-hybridized carbons (Fsp3) is 0.450. The van der Waals surface area contributed by atoms with Crippen molar-refractivity contribution in [1.82, 2.24) is 10.2 Å². The summed E-state index contributed by atoms with van der Waals surface area (Å²) in [7, 11) is 1.41. The largest absolute Gasteiger partial charge is 0.465 e. The Morgan fingerprint density at radius 3 is 2.68 bits per heavy atom. The molecule has 1 atom stereocenters. The molecule has 0 amide bonds. The number of nitrogens with one attached hydrogen (secondary N) is 1. The Bertz CT molecular complexity index is 649. The van der Waals surface area contributed by atoms with Crippen LogP contribution in [0.3, 0.4) is 0 Å². The lowest BCUT2D eigenvalue weighted by molar-refractivity contribution is -0.133. The Hall–Kier alpha value is -1.62. The first-order valence-corrected chi connectivity index (χ1v) is 9.10. The highest BCUT2D eigenvalue weighted by Crippen LogP contribution is 2.34. The minimum absolute atomic E-state index is 0.199. The summed E-state index contributed by atoms with van der Waals surface area (Å²) in [5, 5.41) is 4.01. The smallest absolute Gasteiger partial charge is 0.338 e. The van der Waals surface area contributed by atoms with Gasteiger partial charge >= 0.3 is 5.97 Å². The molecule has 1 aliphatic heterocycles. The molecule has 25 heavy (non-hydrogen) atoms. The van der Waals surface area contributed by atoms with Crippen LogP contribution in [0.25, 0.3) is 5.57 Å². The average molecular weight is 363 g/mol. The average Bonchev–Trinajstić information content (AvgIpc) is 2.64. The lowest BCUT2D eigenvalue weighted by Gasteiger charge is -2.36. The molecular formula is C20H27ClN2O2. The fourth-order valence-corrected chi connectivity index (χ4v) is 3.45. The van der Waals surface area contributed by atoms with Crippen LogP contribution >= 0.6 is 11.6 Å². The topological polar surface area (TPSA) is 41.6 Å². The van der Waals surface area contributed by atoms with E-state index in [9.17, 15) is 4.79 Å². The molecule has 0 aliphatic carbocycles. The second-order valence-electron chi connectivity index (χ2n) is 6.03. The normalized spacial score (nSPS) is 17.7. The minimum atomic E-state index is -0.337. The molecule has 1 N–H and O–H groups in total. The van der Waals surface area contributed by atoms with Crippen molar-refractivity contribution >= 4 is 23.1 Å². The summed E-state index contributed by atoms with van der Waals surface area (Å²) in [5.74, 6) is -0.337. The van der Waals surface area contributed by atoms with Crippen LogP contribution in [0.2, 0.25) is 5.02 Å². The molecule has 136 valence electrons. The van der Waals surface area contributed by atoms with Crippen molar-refractivity contribution < 1.29 is 9.53 Å². The quantitative estimate of drug-likeness (QED) is 0.474. The monoisotopic (exact) mass is 362 g/mol. The highest BCUT2D eigenvalue weighted by atomic mass is 35.5. The summed E-state index contributed by atoms with van der Waals surface area (Å²) >= 11 is 6.24. The van der Waals surface area contributed by atoms with Crippen LogP contribution in [0.1, 0.15) is 37.4 Å². The number of piperazine rings is 1. The summed E-state index contributed by atoms with van der Waals surface area (Å²) in [4.78, 5) is 14.7. The number of ether oxygens (including phenoxy) is 1. The third-order valence-electron chi connectivity index (χ3n) is 4.55. The predicted molar refractivity (Wildman–Crippen MR) is 104 cm³/mol. The first kappa shape index (κ1) is 19.7. The first-order chi connectivity index (χ1) is 12.1. The van der Waals surface area contributed by atoms with E-state index in [0.717, 1.165) is 43.7 Å².